The van der Waals surface area contributed by atoms with Crippen LogP contribution in [-0.2, 0) is 10.1 Å². The van der Waals surface area contributed by atoms with Crippen LogP contribution < -0.4 is 31.9 Å². The highest BCUT2D eigenvalue weighted by Crippen LogP contribution is 2.27. The Bertz CT molecular complexity index is 1440. The average Bonchev–Trinajstić information content (AvgIpc) is 3.01. The molecule has 254 valence electrons. The van der Waals surface area contributed by atoms with Crippen molar-refractivity contribution in [3.05, 3.63) is 18.2 Å². The van der Waals surface area contributed by atoms with Crippen LogP contribution in [0, 0.1) is 0 Å². The second-order valence-electron chi connectivity index (χ2n) is 9.97. The van der Waals surface area contributed by atoms with Gasteiger partial charge in [-0.25, -0.2) is 0 Å². The predicted molar refractivity (Wildman–Crippen MR) is 166 cm³/mol. The summed E-state index contributed by atoms with van der Waals surface area (Å²) in [5.41, 5.74) is 0.133. The van der Waals surface area contributed by atoms with Crippen molar-refractivity contribution < 1.29 is 43.6 Å². The fourth-order valence-electron chi connectivity index (χ4n) is 3.38. The van der Waals surface area contributed by atoms with Gasteiger partial charge in [0.2, 0.25) is 35.7 Å². The Balaban J connectivity index is 2.00. The Morgan fingerprint density at radius 3 is 1.33 bits per heavy atom. The van der Waals surface area contributed by atoms with Gasteiger partial charge in [-0.2, -0.15) is 38.3 Å². The van der Waals surface area contributed by atoms with Gasteiger partial charge in [0.05, 0.1) is 43.5 Å². The summed E-state index contributed by atoms with van der Waals surface area (Å²) in [5.74, 6) is -0.261. The van der Waals surface area contributed by atoms with Gasteiger partial charge in [0, 0.05) is 36.5 Å². The molecular weight excluding hydrogens is 632 g/mol. The Morgan fingerprint density at radius 1 is 0.609 bits per heavy atom. The minimum absolute atomic E-state index is 0.0120. The molecule has 21 nitrogen and oxygen atoms in total. The zero-order chi connectivity index (χ0) is 33.9. The number of nitrogens with zero attached hydrogens (tertiary/aromatic N) is 6. The molecule has 0 radical (unpaired) electrons. The second-order valence-corrected chi connectivity index (χ2v) is 11.4. The van der Waals surface area contributed by atoms with Crippen molar-refractivity contribution in [2.24, 2.45) is 0 Å². The molecule has 0 saturated heterocycles. The summed E-state index contributed by atoms with van der Waals surface area (Å²) in [4.78, 5) is 24.6. The van der Waals surface area contributed by atoms with Gasteiger partial charge < -0.3 is 62.5 Å². The Kier molecular flexibility index (Phi) is 13.3. The minimum Gasteiger partial charge on any atom is -0.394 e. The molecule has 4 atom stereocenters. The number of hydrogen-bond donors (Lipinski definition) is 13. The molecule has 46 heavy (non-hydrogen) atoms. The number of aliphatic hydroxyl groups is 6. The molecule has 2 aromatic heterocycles. The third-order valence-corrected chi connectivity index (χ3v) is 6.53. The van der Waals surface area contributed by atoms with E-state index in [1.54, 1.807) is 13.8 Å². The average molecular weight is 671 g/mol. The molecule has 0 fully saturated rings. The molecule has 3 rings (SSSR count). The van der Waals surface area contributed by atoms with Crippen LogP contribution in [0.3, 0.4) is 0 Å². The zero-order valence-electron chi connectivity index (χ0n) is 24.8. The lowest BCUT2D eigenvalue weighted by Gasteiger charge is -2.16. The largest absolute Gasteiger partial charge is 0.394 e. The van der Waals surface area contributed by atoms with E-state index in [0.29, 0.717) is 0 Å². The number of aromatic nitrogens is 6. The first-order valence-electron chi connectivity index (χ1n) is 13.8. The first-order chi connectivity index (χ1) is 21.8. The van der Waals surface area contributed by atoms with E-state index in [-0.39, 0.29) is 73.4 Å². The van der Waals surface area contributed by atoms with Crippen LogP contribution >= 0.6 is 0 Å². The molecule has 3 aromatic rings. The van der Waals surface area contributed by atoms with Crippen LogP contribution in [0.5, 0.6) is 0 Å². The van der Waals surface area contributed by atoms with Crippen molar-refractivity contribution in [2.45, 2.75) is 43.0 Å². The van der Waals surface area contributed by atoms with Gasteiger partial charge in [0.25, 0.3) is 10.1 Å². The summed E-state index contributed by atoms with van der Waals surface area (Å²) < 4.78 is 34.2. The first-order valence-corrected chi connectivity index (χ1v) is 15.2. The van der Waals surface area contributed by atoms with Gasteiger partial charge in [0.15, 0.2) is 0 Å². The van der Waals surface area contributed by atoms with Crippen LogP contribution in [0.25, 0.3) is 0 Å². The summed E-state index contributed by atoms with van der Waals surface area (Å²) in [6, 6.07) is 2.69. The number of rotatable bonds is 19. The van der Waals surface area contributed by atoms with Crippen molar-refractivity contribution >= 4 is 57.2 Å². The number of aliphatic hydroxyl groups excluding tert-OH is 6. The zero-order valence-corrected chi connectivity index (χ0v) is 25.6. The van der Waals surface area contributed by atoms with Gasteiger partial charge in [-0.05, 0) is 32.0 Å². The maximum atomic E-state index is 12.2. The normalized spacial score (nSPS) is 14.1. The van der Waals surface area contributed by atoms with Gasteiger partial charge >= 0.3 is 0 Å². The monoisotopic (exact) mass is 670 g/mol. The maximum Gasteiger partial charge on any atom is 0.294 e. The second kappa shape index (κ2) is 16.9. The van der Waals surface area contributed by atoms with Gasteiger partial charge in [-0.3, -0.25) is 4.55 Å². The van der Waals surface area contributed by atoms with Crippen molar-refractivity contribution in [3.63, 3.8) is 0 Å². The van der Waals surface area contributed by atoms with Crippen LogP contribution in [0.15, 0.2) is 23.1 Å². The first kappa shape index (κ1) is 36.2. The molecule has 0 saturated carbocycles. The third kappa shape index (κ3) is 11.6. The quantitative estimate of drug-likeness (QED) is 0.0608. The van der Waals surface area contributed by atoms with Gasteiger partial charge in [-0.15, -0.1) is 0 Å². The lowest BCUT2D eigenvalue weighted by atomic mass is 10.2. The molecule has 0 aliphatic carbocycles. The summed E-state index contributed by atoms with van der Waals surface area (Å²) >= 11 is 0. The summed E-state index contributed by atoms with van der Waals surface area (Å²) in [6.45, 7) is 1.56. The Hall–Kier alpha value is -4.29. The number of hydrogen-bond acceptors (Lipinski definition) is 20. The SMILES string of the molecule is CC(CO)Nc1nc(NCC(O)CO)nc(Nc2cc(Nc3nc(NCC(O)CO)nc(NC(C)CO)n3)cc(S(=O)(=O)O)c2)n1. The highest BCUT2D eigenvalue weighted by atomic mass is 32.2. The molecule has 2 heterocycles. The molecule has 0 aliphatic heterocycles. The topological polar surface area (TPSA) is 325 Å². The van der Waals surface area contributed by atoms with Gasteiger partial charge in [0.1, 0.15) is 0 Å². The fraction of sp³-hybridized carbons (Fsp3) is 0.500. The molecule has 0 amide bonds. The Morgan fingerprint density at radius 2 is 0.978 bits per heavy atom. The smallest absolute Gasteiger partial charge is 0.294 e. The van der Waals surface area contributed by atoms with Crippen LogP contribution in [-0.4, -0.2) is 137 Å². The van der Waals surface area contributed by atoms with Gasteiger partial charge in [-0.1, -0.05) is 0 Å². The molecule has 0 spiro atoms. The van der Waals surface area contributed by atoms with Crippen LogP contribution in [0.1, 0.15) is 13.8 Å². The van der Waals surface area contributed by atoms with E-state index in [4.69, 9.17) is 10.2 Å². The van der Waals surface area contributed by atoms with E-state index in [2.05, 4.69) is 61.8 Å². The van der Waals surface area contributed by atoms with Crippen molar-refractivity contribution in [1.29, 1.82) is 0 Å². The molecule has 4 unspecified atom stereocenters. The highest BCUT2D eigenvalue weighted by Gasteiger charge is 2.17. The molecule has 0 aliphatic rings. The summed E-state index contributed by atoms with van der Waals surface area (Å²) in [7, 11) is -4.74. The number of anilines is 8. The Labute approximate surface area is 263 Å². The standard InChI is InChI=1S/C24H38N12O9S/c1-12(8-37)27-21-31-19(25-6-16(41)10-39)33-23(35-21)29-14-3-15(5-18(4-14)46(43,44)45)30-24-34-20(26-7-17(42)11-40)32-22(36-24)28-13(2)9-38/h3-5,12-13,16-17,37-42H,6-11H2,1-2H3,(H,43,44,45)(H3,25,27,29,31,33,35)(H3,26,28,30,32,34,36). The van der Waals surface area contributed by atoms with E-state index in [1.165, 1.54) is 6.07 Å². The lowest BCUT2D eigenvalue weighted by Crippen LogP contribution is -2.25. The van der Waals surface area contributed by atoms with Crippen molar-refractivity contribution in [2.75, 3.05) is 71.4 Å². The summed E-state index contributed by atoms with van der Waals surface area (Å²) in [6.07, 6.45) is -2.23. The number of nitrogens with one attached hydrogen (secondary N) is 6. The predicted octanol–water partition coefficient (Wildman–Crippen LogP) is -2.09. The molecule has 13 N–H and O–H groups in total. The van der Waals surface area contributed by atoms with E-state index in [9.17, 15) is 33.4 Å². The van der Waals surface area contributed by atoms with Crippen molar-refractivity contribution in [3.8, 4) is 0 Å². The number of benzene rings is 1. The maximum absolute atomic E-state index is 12.2. The van der Waals surface area contributed by atoms with Crippen molar-refractivity contribution in [1.82, 2.24) is 29.9 Å². The minimum atomic E-state index is -4.74. The molecule has 22 heteroatoms. The van der Waals surface area contributed by atoms with E-state index < -0.39 is 52.5 Å². The molecule has 1 aromatic carbocycles. The lowest BCUT2D eigenvalue weighted by molar-refractivity contribution is 0.105. The third-order valence-electron chi connectivity index (χ3n) is 5.70. The van der Waals surface area contributed by atoms with E-state index in [1.807, 2.05) is 0 Å². The highest BCUT2D eigenvalue weighted by molar-refractivity contribution is 7.85. The fourth-order valence-corrected chi connectivity index (χ4v) is 3.93. The van der Waals surface area contributed by atoms with Crippen LogP contribution in [0.4, 0.5) is 47.1 Å². The molecular formula is C24H38N12O9S. The van der Waals surface area contributed by atoms with E-state index >= 15 is 0 Å². The van der Waals surface area contributed by atoms with E-state index in [0.717, 1.165) is 12.1 Å². The molecule has 0 bridgehead atoms. The van der Waals surface area contributed by atoms with Crippen LogP contribution in [0.2, 0.25) is 0 Å². The summed E-state index contributed by atoms with van der Waals surface area (Å²) in [5, 5.41) is 73.3.